The third-order valence-electron chi connectivity index (χ3n) is 5.49. The lowest BCUT2D eigenvalue weighted by Gasteiger charge is -2.27. The molecule has 0 saturated heterocycles. The lowest BCUT2D eigenvalue weighted by Crippen LogP contribution is -2.13. The lowest BCUT2D eigenvalue weighted by atomic mass is 9.78. The number of carbonyl (C=O) groups is 1. The summed E-state index contributed by atoms with van der Waals surface area (Å²) in [6.07, 6.45) is 11.8. The fourth-order valence-electron chi connectivity index (χ4n) is 3.61. The molecule has 1 aliphatic carbocycles. The number of halogens is 1. The Morgan fingerprint density at radius 3 is 2.67 bits per heavy atom. The van der Waals surface area contributed by atoms with Gasteiger partial charge < -0.3 is 10.4 Å². The maximum absolute atomic E-state index is 14.9. The fraction of sp³-hybridized carbons (Fsp3) is 0.364. The second-order valence-corrected chi connectivity index (χ2v) is 7.58. The maximum atomic E-state index is 14.9. The highest BCUT2D eigenvalue weighted by Crippen LogP contribution is 2.38. The molecular formula is C22H24FN5O2. The van der Waals surface area contributed by atoms with Crippen molar-refractivity contribution in [3.8, 4) is 0 Å². The van der Waals surface area contributed by atoms with Crippen LogP contribution >= 0.6 is 0 Å². The number of aldehydes is 1. The van der Waals surface area contributed by atoms with Gasteiger partial charge in [-0.15, -0.1) is 0 Å². The van der Waals surface area contributed by atoms with Gasteiger partial charge in [0.05, 0.1) is 25.0 Å². The molecule has 7 nitrogen and oxygen atoms in total. The van der Waals surface area contributed by atoms with E-state index in [1.54, 1.807) is 41.6 Å². The smallest absolute Gasteiger partial charge is 0.227 e. The standard InChI is InChI=1S/C22H24FN5O2/c23-21-18(8-16(14-30)9-20(21)17-2-1-3-17)5-4-15-10-24-22(25-11-15)27-19-12-26-28(13-19)6-7-29/h8-14,17,29H,1-7H2,(H,24,25,27). The summed E-state index contributed by atoms with van der Waals surface area (Å²) in [5.41, 5.74) is 3.40. The number of hydrogen-bond donors (Lipinski definition) is 2. The van der Waals surface area contributed by atoms with E-state index in [2.05, 4.69) is 20.4 Å². The minimum absolute atomic E-state index is 0.0187. The average Bonchev–Trinajstić information content (AvgIpc) is 3.15. The Hall–Kier alpha value is -3.13. The fourth-order valence-corrected chi connectivity index (χ4v) is 3.61. The van der Waals surface area contributed by atoms with E-state index in [4.69, 9.17) is 5.11 Å². The minimum atomic E-state index is -0.176. The molecule has 2 heterocycles. The molecule has 30 heavy (non-hydrogen) atoms. The van der Waals surface area contributed by atoms with Gasteiger partial charge in [0.15, 0.2) is 0 Å². The Labute approximate surface area is 174 Å². The molecule has 0 amide bonds. The molecule has 1 saturated carbocycles. The van der Waals surface area contributed by atoms with Gasteiger partial charge in [-0.25, -0.2) is 14.4 Å². The maximum Gasteiger partial charge on any atom is 0.227 e. The average molecular weight is 409 g/mol. The number of rotatable bonds is 9. The summed E-state index contributed by atoms with van der Waals surface area (Å²) in [5.74, 6) is 0.493. The minimum Gasteiger partial charge on any atom is -0.394 e. The van der Waals surface area contributed by atoms with Gasteiger partial charge in [-0.1, -0.05) is 6.42 Å². The zero-order valence-corrected chi connectivity index (χ0v) is 16.6. The molecule has 1 aliphatic rings. The van der Waals surface area contributed by atoms with E-state index >= 15 is 0 Å². The molecule has 156 valence electrons. The Morgan fingerprint density at radius 1 is 1.20 bits per heavy atom. The molecule has 0 aliphatic heterocycles. The summed E-state index contributed by atoms with van der Waals surface area (Å²) in [4.78, 5) is 19.9. The van der Waals surface area contributed by atoms with E-state index in [1.165, 1.54) is 0 Å². The van der Waals surface area contributed by atoms with E-state index in [9.17, 15) is 9.18 Å². The predicted molar refractivity (Wildman–Crippen MR) is 110 cm³/mol. The van der Waals surface area contributed by atoms with Gasteiger partial charge in [0.1, 0.15) is 12.1 Å². The molecule has 0 spiro atoms. The molecule has 0 radical (unpaired) electrons. The van der Waals surface area contributed by atoms with Crippen molar-refractivity contribution in [2.24, 2.45) is 0 Å². The van der Waals surface area contributed by atoms with E-state index in [0.717, 1.165) is 36.8 Å². The molecule has 3 aromatic rings. The summed E-state index contributed by atoms with van der Waals surface area (Å²) in [6.45, 7) is 0.441. The Bertz CT molecular complexity index is 1010. The Morgan fingerprint density at radius 2 is 2.00 bits per heavy atom. The summed E-state index contributed by atoms with van der Waals surface area (Å²) in [5, 5.41) is 16.1. The summed E-state index contributed by atoms with van der Waals surface area (Å²) in [7, 11) is 0. The van der Waals surface area contributed by atoms with Crippen molar-refractivity contribution in [1.29, 1.82) is 0 Å². The summed E-state index contributed by atoms with van der Waals surface area (Å²) < 4.78 is 16.6. The largest absolute Gasteiger partial charge is 0.394 e. The van der Waals surface area contributed by atoms with E-state index in [1.807, 2.05) is 0 Å². The third kappa shape index (κ3) is 4.54. The molecule has 1 aromatic carbocycles. The van der Waals surface area contributed by atoms with Crippen LogP contribution in [0.2, 0.25) is 0 Å². The van der Waals surface area contributed by atoms with Crippen LogP contribution in [-0.4, -0.2) is 37.7 Å². The molecule has 0 unspecified atom stereocenters. The third-order valence-corrected chi connectivity index (χ3v) is 5.49. The van der Waals surface area contributed by atoms with Crippen LogP contribution in [0.5, 0.6) is 0 Å². The molecular weight excluding hydrogens is 385 g/mol. The van der Waals surface area contributed by atoms with Gasteiger partial charge in [-0.3, -0.25) is 9.48 Å². The SMILES string of the molecule is O=Cc1cc(CCc2cnc(Nc3cnn(CCO)c3)nc2)c(F)c(C2CCC2)c1. The number of anilines is 2. The van der Waals surface area contributed by atoms with Gasteiger partial charge >= 0.3 is 0 Å². The molecule has 1 fully saturated rings. The quantitative estimate of drug-likeness (QED) is 0.526. The molecule has 4 rings (SSSR count). The van der Waals surface area contributed by atoms with Gasteiger partial charge in [0.25, 0.3) is 0 Å². The number of aliphatic hydroxyl groups excluding tert-OH is 1. The van der Waals surface area contributed by atoms with Crippen molar-refractivity contribution in [3.63, 3.8) is 0 Å². The first-order chi connectivity index (χ1) is 14.7. The van der Waals surface area contributed by atoms with Crippen molar-refractivity contribution in [1.82, 2.24) is 19.7 Å². The van der Waals surface area contributed by atoms with Gasteiger partial charge in [0, 0.05) is 24.2 Å². The Balaban J connectivity index is 1.40. The predicted octanol–water partition coefficient (Wildman–Crippen LogP) is 3.41. The highest BCUT2D eigenvalue weighted by molar-refractivity contribution is 5.75. The van der Waals surface area contributed by atoms with Crippen LogP contribution < -0.4 is 5.32 Å². The second kappa shape index (κ2) is 9.13. The van der Waals surface area contributed by atoms with Crippen LogP contribution in [0.15, 0.2) is 36.9 Å². The van der Waals surface area contributed by atoms with Crippen molar-refractivity contribution in [3.05, 3.63) is 65.0 Å². The molecule has 2 N–H and O–H groups in total. The summed E-state index contributed by atoms with van der Waals surface area (Å²) >= 11 is 0. The topological polar surface area (TPSA) is 92.9 Å². The zero-order chi connectivity index (χ0) is 20.9. The van der Waals surface area contributed by atoms with E-state index < -0.39 is 0 Å². The number of aromatic nitrogens is 4. The number of carbonyl (C=O) groups excluding carboxylic acids is 1. The highest BCUT2D eigenvalue weighted by atomic mass is 19.1. The van der Waals surface area contributed by atoms with Crippen molar-refractivity contribution in [2.45, 2.75) is 44.6 Å². The van der Waals surface area contributed by atoms with Crippen molar-refractivity contribution in [2.75, 3.05) is 11.9 Å². The first-order valence-corrected chi connectivity index (χ1v) is 10.1. The van der Waals surface area contributed by atoms with Crippen LogP contribution in [0.3, 0.4) is 0 Å². The number of benzene rings is 1. The molecule has 0 atom stereocenters. The van der Waals surface area contributed by atoms with Crippen LogP contribution in [0.1, 0.15) is 52.2 Å². The van der Waals surface area contributed by atoms with Crippen molar-refractivity contribution < 1.29 is 14.3 Å². The number of nitrogens with zero attached hydrogens (tertiary/aromatic N) is 4. The number of hydrogen-bond acceptors (Lipinski definition) is 6. The highest BCUT2D eigenvalue weighted by Gasteiger charge is 2.24. The van der Waals surface area contributed by atoms with Crippen LogP contribution in [0.25, 0.3) is 0 Å². The zero-order valence-electron chi connectivity index (χ0n) is 16.6. The molecule has 0 bridgehead atoms. The molecule has 2 aromatic heterocycles. The van der Waals surface area contributed by atoms with Crippen LogP contribution in [0.4, 0.5) is 16.0 Å². The Kier molecular flexibility index (Phi) is 6.13. The van der Waals surface area contributed by atoms with Crippen LogP contribution in [0, 0.1) is 5.82 Å². The first-order valence-electron chi connectivity index (χ1n) is 10.1. The molecule has 8 heteroatoms. The van der Waals surface area contributed by atoms with E-state index in [0.29, 0.717) is 42.0 Å². The van der Waals surface area contributed by atoms with Gasteiger partial charge in [0.2, 0.25) is 5.95 Å². The second-order valence-electron chi connectivity index (χ2n) is 7.58. The summed E-state index contributed by atoms with van der Waals surface area (Å²) in [6, 6.07) is 3.34. The lowest BCUT2D eigenvalue weighted by molar-refractivity contribution is 0.112. The van der Waals surface area contributed by atoms with Gasteiger partial charge in [-0.05, 0) is 60.4 Å². The first kappa shape index (κ1) is 20.2. The normalized spacial score (nSPS) is 13.8. The van der Waals surface area contributed by atoms with Gasteiger partial charge in [-0.2, -0.15) is 5.10 Å². The number of aryl methyl sites for hydroxylation is 2. The van der Waals surface area contributed by atoms with Crippen LogP contribution in [-0.2, 0) is 19.4 Å². The number of aliphatic hydroxyl groups is 1. The van der Waals surface area contributed by atoms with E-state index in [-0.39, 0.29) is 18.3 Å². The number of nitrogens with one attached hydrogen (secondary N) is 1. The monoisotopic (exact) mass is 409 g/mol. The van der Waals surface area contributed by atoms with Crippen molar-refractivity contribution >= 4 is 17.9 Å².